The highest BCUT2D eigenvalue weighted by molar-refractivity contribution is 5.33. The molecular weight excluding hydrogens is 258 g/mol. The second-order valence-electron chi connectivity index (χ2n) is 4.67. The largest absolute Gasteiger partial charge is 0.485 e. The quantitative estimate of drug-likeness (QED) is 0.827. The number of hydrogen-bond acceptors (Lipinski definition) is 2. The fraction of sp³-hybridized carbons (Fsp3) is 0.368. The first-order valence-electron chi connectivity index (χ1n) is 7.73. The Morgan fingerprint density at radius 1 is 0.952 bits per heavy atom. The van der Waals surface area contributed by atoms with Crippen molar-refractivity contribution in [2.24, 2.45) is 0 Å². The van der Waals surface area contributed by atoms with Crippen molar-refractivity contribution >= 4 is 0 Å². The first-order chi connectivity index (χ1) is 10.3. The molecule has 0 fully saturated rings. The highest BCUT2D eigenvalue weighted by Crippen LogP contribution is 2.26. The third-order valence-corrected chi connectivity index (χ3v) is 3.19. The van der Waals surface area contributed by atoms with Gasteiger partial charge in [-0.05, 0) is 37.7 Å². The van der Waals surface area contributed by atoms with Crippen LogP contribution in [0.5, 0.6) is 5.75 Å². The van der Waals surface area contributed by atoms with Gasteiger partial charge >= 0.3 is 0 Å². The number of rotatable bonds is 6. The van der Waals surface area contributed by atoms with Gasteiger partial charge in [0.05, 0.1) is 0 Å². The SMILES string of the molecule is CC.CNCC[C@@H](Oc1ccccc1C)c1ccccc1. The van der Waals surface area contributed by atoms with E-state index in [0.717, 1.165) is 18.7 Å². The molecule has 2 aromatic rings. The summed E-state index contributed by atoms with van der Waals surface area (Å²) in [4.78, 5) is 0. The van der Waals surface area contributed by atoms with Gasteiger partial charge < -0.3 is 10.1 Å². The zero-order valence-electron chi connectivity index (χ0n) is 13.6. The molecular formula is C19H27NO. The van der Waals surface area contributed by atoms with Crippen LogP contribution in [-0.2, 0) is 0 Å². The molecule has 0 heterocycles. The summed E-state index contributed by atoms with van der Waals surface area (Å²) in [7, 11) is 1.97. The molecule has 0 aliphatic rings. The van der Waals surface area contributed by atoms with Crippen molar-refractivity contribution in [2.45, 2.75) is 33.3 Å². The maximum absolute atomic E-state index is 6.19. The third kappa shape index (κ3) is 5.60. The molecule has 2 aromatic carbocycles. The summed E-state index contributed by atoms with van der Waals surface area (Å²) in [5.41, 5.74) is 2.40. The van der Waals surface area contributed by atoms with Crippen LogP contribution in [-0.4, -0.2) is 13.6 Å². The van der Waals surface area contributed by atoms with Crippen LogP contribution < -0.4 is 10.1 Å². The maximum atomic E-state index is 6.19. The van der Waals surface area contributed by atoms with Crippen molar-refractivity contribution in [2.75, 3.05) is 13.6 Å². The van der Waals surface area contributed by atoms with E-state index in [1.807, 2.05) is 45.2 Å². The van der Waals surface area contributed by atoms with Gasteiger partial charge in [-0.1, -0.05) is 62.4 Å². The molecule has 0 saturated heterocycles. The maximum Gasteiger partial charge on any atom is 0.125 e. The molecule has 1 N–H and O–H groups in total. The van der Waals surface area contributed by atoms with Crippen LogP contribution in [0.4, 0.5) is 0 Å². The van der Waals surface area contributed by atoms with Gasteiger partial charge in [0.25, 0.3) is 0 Å². The van der Waals surface area contributed by atoms with Gasteiger partial charge in [0.2, 0.25) is 0 Å². The van der Waals surface area contributed by atoms with Crippen LogP contribution in [0.25, 0.3) is 0 Å². The molecule has 0 aliphatic carbocycles. The Bertz CT molecular complexity index is 496. The van der Waals surface area contributed by atoms with Crippen LogP contribution in [0, 0.1) is 6.92 Å². The van der Waals surface area contributed by atoms with Gasteiger partial charge in [0.15, 0.2) is 0 Å². The Hall–Kier alpha value is -1.80. The van der Waals surface area contributed by atoms with E-state index < -0.39 is 0 Å². The number of ether oxygens (including phenoxy) is 1. The first kappa shape index (κ1) is 17.3. The predicted octanol–water partition coefficient (Wildman–Crippen LogP) is 4.75. The highest BCUT2D eigenvalue weighted by Gasteiger charge is 2.13. The van der Waals surface area contributed by atoms with Crippen molar-refractivity contribution in [1.82, 2.24) is 5.32 Å². The fourth-order valence-electron chi connectivity index (χ4n) is 2.08. The van der Waals surface area contributed by atoms with Crippen molar-refractivity contribution in [1.29, 1.82) is 0 Å². The van der Waals surface area contributed by atoms with Crippen LogP contribution >= 0.6 is 0 Å². The lowest BCUT2D eigenvalue weighted by Gasteiger charge is -2.20. The Morgan fingerprint density at radius 2 is 1.57 bits per heavy atom. The molecule has 2 heteroatoms. The van der Waals surface area contributed by atoms with E-state index in [9.17, 15) is 0 Å². The second kappa shape index (κ2) is 10.0. The van der Waals surface area contributed by atoms with E-state index in [1.54, 1.807) is 0 Å². The third-order valence-electron chi connectivity index (χ3n) is 3.19. The Kier molecular flexibility index (Phi) is 8.22. The predicted molar refractivity (Wildman–Crippen MR) is 90.9 cm³/mol. The summed E-state index contributed by atoms with van der Waals surface area (Å²) in [6, 6.07) is 18.6. The molecule has 0 saturated carbocycles. The zero-order valence-corrected chi connectivity index (χ0v) is 13.6. The smallest absolute Gasteiger partial charge is 0.125 e. The van der Waals surface area contributed by atoms with E-state index in [1.165, 1.54) is 11.1 Å². The van der Waals surface area contributed by atoms with E-state index >= 15 is 0 Å². The number of aryl methyl sites for hydroxylation is 1. The molecule has 1 atom stereocenters. The number of benzene rings is 2. The van der Waals surface area contributed by atoms with Gasteiger partial charge in [-0.25, -0.2) is 0 Å². The summed E-state index contributed by atoms with van der Waals surface area (Å²) in [6.45, 7) is 7.01. The molecule has 0 bridgehead atoms. The molecule has 0 aliphatic heterocycles. The van der Waals surface area contributed by atoms with Gasteiger partial charge in [-0.3, -0.25) is 0 Å². The molecule has 2 nitrogen and oxygen atoms in total. The topological polar surface area (TPSA) is 21.3 Å². The number of nitrogens with one attached hydrogen (secondary N) is 1. The molecule has 0 radical (unpaired) electrons. The lowest BCUT2D eigenvalue weighted by Crippen LogP contribution is -2.16. The van der Waals surface area contributed by atoms with Gasteiger partial charge in [-0.15, -0.1) is 0 Å². The van der Waals surface area contributed by atoms with Crippen molar-refractivity contribution in [3.05, 3.63) is 65.7 Å². The lowest BCUT2D eigenvalue weighted by molar-refractivity contribution is 0.193. The highest BCUT2D eigenvalue weighted by atomic mass is 16.5. The van der Waals surface area contributed by atoms with E-state index in [-0.39, 0.29) is 6.10 Å². The van der Waals surface area contributed by atoms with Crippen molar-refractivity contribution in [3.63, 3.8) is 0 Å². The number of hydrogen-bond donors (Lipinski definition) is 1. The molecule has 0 aromatic heterocycles. The number of para-hydroxylation sites is 1. The average Bonchev–Trinajstić information content (AvgIpc) is 2.56. The Labute approximate surface area is 129 Å². The second-order valence-corrected chi connectivity index (χ2v) is 4.67. The summed E-state index contributed by atoms with van der Waals surface area (Å²) >= 11 is 0. The zero-order chi connectivity index (χ0) is 15.5. The minimum absolute atomic E-state index is 0.0924. The standard InChI is InChI=1S/C17H21NO.C2H6/c1-14-8-6-7-11-16(14)19-17(12-13-18-2)15-9-4-3-5-10-15;1-2/h3-11,17-18H,12-13H2,1-2H3;1-2H3/t17-;/m1./s1. The van der Waals surface area contributed by atoms with E-state index in [2.05, 4.69) is 42.6 Å². The summed E-state index contributed by atoms with van der Waals surface area (Å²) in [5.74, 6) is 0.965. The summed E-state index contributed by atoms with van der Waals surface area (Å²) in [6.07, 6.45) is 1.05. The van der Waals surface area contributed by atoms with Gasteiger partial charge in [0.1, 0.15) is 11.9 Å². The normalized spacial score (nSPS) is 11.2. The minimum atomic E-state index is 0.0924. The average molecular weight is 285 g/mol. The van der Waals surface area contributed by atoms with Gasteiger partial charge in [-0.2, -0.15) is 0 Å². The van der Waals surface area contributed by atoms with E-state index in [0.29, 0.717) is 0 Å². The molecule has 21 heavy (non-hydrogen) atoms. The van der Waals surface area contributed by atoms with Gasteiger partial charge in [0, 0.05) is 6.42 Å². The van der Waals surface area contributed by atoms with Crippen molar-refractivity contribution in [3.8, 4) is 5.75 Å². The van der Waals surface area contributed by atoms with Crippen molar-refractivity contribution < 1.29 is 4.74 Å². The first-order valence-corrected chi connectivity index (χ1v) is 7.73. The Balaban J connectivity index is 0.00000106. The molecule has 0 amide bonds. The fourth-order valence-corrected chi connectivity index (χ4v) is 2.08. The van der Waals surface area contributed by atoms with Crippen LogP contribution in [0.3, 0.4) is 0 Å². The molecule has 114 valence electrons. The molecule has 0 spiro atoms. The van der Waals surface area contributed by atoms with Crippen LogP contribution in [0.1, 0.15) is 37.5 Å². The molecule has 0 unspecified atom stereocenters. The monoisotopic (exact) mass is 285 g/mol. The lowest BCUT2D eigenvalue weighted by atomic mass is 10.1. The molecule has 2 rings (SSSR count). The summed E-state index contributed by atoms with van der Waals surface area (Å²) < 4.78 is 6.19. The van der Waals surface area contributed by atoms with E-state index in [4.69, 9.17) is 4.74 Å². The Morgan fingerprint density at radius 3 is 2.19 bits per heavy atom. The van der Waals surface area contributed by atoms with Crippen LogP contribution in [0.2, 0.25) is 0 Å². The summed E-state index contributed by atoms with van der Waals surface area (Å²) in [5, 5.41) is 3.19. The van der Waals surface area contributed by atoms with Crippen LogP contribution in [0.15, 0.2) is 54.6 Å². The minimum Gasteiger partial charge on any atom is -0.485 e.